The molecule has 6 heteroatoms. The summed E-state index contributed by atoms with van der Waals surface area (Å²) in [6.07, 6.45) is -0.919. The second-order valence-corrected chi connectivity index (χ2v) is 5.95. The number of alkyl halides is 2. The fraction of sp³-hybridized carbons (Fsp3) is 0.909. The molecule has 1 saturated heterocycles. The maximum Gasteiger partial charge on any atom is 0.410 e. The third kappa shape index (κ3) is 4.46. The Bertz CT molecular complexity index is 302. The van der Waals surface area contributed by atoms with Gasteiger partial charge in [0.1, 0.15) is 5.60 Å². The van der Waals surface area contributed by atoms with Crippen molar-refractivity contribution in [3.05, 3.63) is 0 Å². The average molecular weight is 250 g/mol. The zero-order valence-corrected chi connectivity index (χ0v) is 10.7. The molecule has 1 aliphatic rings. The molecule has 0 unspecified atom stereocenters. The predicted octanol–water partition coefficient (Wildman–Crippen LogP) is 1.98. The van der Waals surface area contributed by atoms with Gasteiger partial charge in [-0.25, -0.2) is 13.6 Å². The maximum atomic E-state index is 12.8. The van der Waals surface area contributed by atoms with Crippen molar-refractivity contribution < 1.29 is 18.3 Å². The Labute approximate surface area is 100 Å². The SMILES string of the molecule is CC(F)(F)CC1(N)CN(C(=O)OC(C)(C)C)C1. The van der Waals surface area contributed by atoms with Crippen molar-refractivity contribution in [3.8, 4) is 0 Å². The normalized spacial score (nSPS) is 19.8. The number of likely N-dealkylation sites (tertiary alicyclic amines) is 1. The van der Waals surface area contributed by atoms with Gasteiger partial charge in [-0.1, -0.05) is 0 Å². The van der Waals surface area contributed by atoms with E-state index < -0.39 is 29.6 Å². The maximum absolute atomic E-state index is 12.8. The van der Waals surface area contributed by atoms with Crippen LogP contribution in [0.4, 0.5) is 13.6 Å². The van der Waals surface area contributed by atoms with Gasteiger partial charge in [0.15, 0.2) is 0 Å². The molecule has 0 bridgehead atoms. The van der Waals surface area contributed by atoms with Gasteiger partial charge in [-0.05, 0) is 27.7 Å². The number of amides is 1. The molecule has 0 saturated carbocycles. The molecule has 1 rings (SSSR count). The molecule has 0 atom stereocenters. The second kappa shape index (κ2) is 4.08. The van der Waals surface area contributed by atoms with Crippen LogP contribution in [0.1, 0.15) is 34.1 Å². The van der Waals surface area contributed by atoms with Gasteiger partial charge in [0.2, 0.25) is 5.92 Å². The van der Waals surface area contributed by atoms with Crippen LogP contribution in [-0.4, -0.2) is 41.1 Å². The Balaban J connectivity index is 2.43. The van der Waals surface area contributed by atoms with E-state index in [0.29, 0.717) is 0 Å². The number of nitrogens with zero attached hydrogens (tertiary/aromatic N) is 1. The lowest BCUT2D eigenvalue weighted by molar-refractivity contribution is -0.0562. The van der Waals surface area contributed by atoms with Crippen molar-refractivity contribution in [2.75, 3.05) is 13.1 Å². The molecule has 0 radical (unpaired) electrons. The van der Waals surface area contributed by atoms with Crippen LogP contribution >= 0.6 is 0 Å². The molecule has 0 aliphatic carbocycles. The van der Waals surface area contributed by atoms with Crippen molar-refractivity contribution in [3.63, 3.8) is 0 Å². The minimum atomic E-state index is -2.81. The molecule has 4 nitrogen and oxygen atoms in total. The first-order chi connectivity index (χ1) is 7.40. The summed E-state index contributed by atoms with van der Waals surface area (Å²) in [7, 11) is 0. The van der Waals surface area contributed by atoms with E-state index in [1.165, 1.54) is 4.90 Å². The van der Waals surface area contributed by atoms with E-state index in [9.17, 15) is 13.6 Å². The molecular weight excluding hydrogens is 230 g/mol. The van der Waals surface area contributed by atoms with E-state index in [1.807, 2.05) is 0 Å². The molecule has 100 valence electrons. The minimum Gasteiger partial charge on any atom is -0.444 e. The monoisotopic (exact) mass is 250 g/mol. The first kappa shape index (κ1) is 14.2. The Morgan fingerprint density at radius 1 is 1.35 bits per heavy atom. The van der Waals surface area contributed by atoms with Gasteiger partial charge in [0, 0.05) is 19.5 Å². The van der Waals surface area contributed by atoms with Crippen LogP contribution in [0.3, 0.4) is 0 Å². The third-order valence-electron chi connectivity index (χ3n) is 2.33. The average Bonchev–Trinajstić information content (AvgIpc) is 1.92. The Hall–Kier alpha value is -0.910. The van der Waals surface area contributed by atoms with Crippen LogP contribution in [0.2, 0.25) is 0 Å². The summed E-state index contributed by atoms with van der Waals surface area (Å²) in [5.41, 5.74) is 4.18. The number of ether oxygens (including phenoxy) is 1. The van der Waals surface area contributed by atoms with Gasteiger partial charge >= 0.3 is 6.09 Å². The van der Waals surface area contributed by atoms with Crippen molar-refractivity contribution in [2.45, 2.75) is 51.2 Å². The number of carbonyl (C=O) groups is 1. The van der Waals surface area contributed by atoms with E-state index in [4.69, 9.17) is 10.5 Å². The summed E-state index contributed by atoms with van der Waals surface area (Å²) in [5, 5.41) is 0. The highest BCUT2D eigenvalue weighted by molar-refractivity contribution is 5.69. The molecule has 17 heavy (non-hydrogen) atoms. The third-order valence-corrected chi connectivity index (χ3v) is 2.33. The van der Waals surface area contributed by atoms with Crippen LogP contribution in [0.5, 0.6) is 0 Å². The molecule has 1 aliphatic heterocycles. The highest BCUT2D eigenvalue weighted by Gasteiger charge is 2.47. The lowest BCUT2D eigenvalue weighted by atomic mass is 9.85. The van der Waals surface area contributed by atoms with E-state index in [2.05, 4.69) is 0 Å². The van der Waals surface area contributed by atoms with E-state index in [1.54, 1.807) is 20.8 Å². The summed E-state index contributed by atoms with van der Waals surface area (Å²) < 4.78 is 30.8. The number of halogens is 2. The van der Waals surface area contributed by atoms with Crippen LogP contribution in [-0.2, 0) is 4.74 Å². The first-order valence-electron chi connectivity index (χ1n) is 5.55. The molecule has 0 spiro atoms. The largest absolute Gasteiger partial charge is 0.444 e. The van der Waals surface area contributed by atoms with E-state index in [-0.39, 0.29) is 13.1 Å². The molecule has 0 aromatic carbocycles. The summed E-state index contributed by atoms with van der Waals surface area (Å²) >= 11 is 0. The quantitative estimate of drug-likeness (QED) is 0.815. The number of carbonyl (C=O) groups excluding carboxylic acids is 1. The van der Waals surface area contributed by atoms with E-state index >= 15 is 0 Å². The van der Waals surface area contributed by atoms with Gasteiger partial charge in [0.05, 0.1) is 5.54 Å². The molecule has 0 aromatic heterocycles. The lowest BCUT2D eigenvalue weighted by Crippen LogP contribution is -2.70. The smallest absolute Gasteiger partial charge is 0.410 e. The fourth-order valence-corrected chi connectivity index (χ4v) is 1.90. The topological polar surface area (TPSA) is 55.6 Å². The van der Waals surface area contributed by atoms with Crippen LogP contribution in [0, 0.1) is 0 Å². The highest BCUT2D eigenvalue weighted by Crippen LogP contribution is 2.31. The second-order valence-electron chi connectivity index (χ2n) is 5.95. The Kier molecular flexibility index (Phi) is 3.40. The molecule has 1 heterocycles. The standard InChI is InChI=1S/C11H20F2N2O2/c1-9(2,3)17-8(16)15-6-11(14,7-15)5-10(4,12)13/h5-7,14H2,1-4H3. The summed E-state index contributed by atoms with van der Waals surface area (Å²) in [6, 6.07) is 0. The van der Waals surface area contributed by atoms with Gasteiger partial charge in [-0.15, -0.1) is 0 Å². The molecule has 0 aromatic rings. The summed E-state index contributed by atoms with van der Waals surface area (Å²) in [6.45, 7) is 6.32. The highest BCUT2D eigenvalue weighted by atomic mass is 19.3. The van der Waals surface area contributed by atoms with Gasteiger partial charge in [0.25, 0.3) is 0 Å². The number of nitrogens with two attached hydrogens (primary N) is 1. The van der Waals surface area contributed by atoms with Crippen molar-refractivity contribution in [1.82, 2.24) is 4.90 Å². The lowest BCUT2D eigenvalue weighted by Gasteiger charge is -2.48. The van der Waals surface area contributed by atoms with Crippen LogP contribution in [0.15, 0.2) is 0 Å². The zero-order valence-electron chi connectivity index (χ0n) is 10.7. The van der Waals surface area contributed by atoms with Crippen LogP contribution < -0.4 is 5.73 Å². The Morgan fingerprint density at radius 3 is 2.18 bits per heavy atom. The summed E-state index contributed by atoms with van der Waals surface area (Å²) in [5.74, 6) is -2.81. The van der Waals surface area contributed by atoms with Gasteiger partial charge in [-0.2, -0.15) is 0 Å². The first-order valence-corrected chi connectivity index (χ1v) is 5.55. The molecule has 2 N–H and O–H groups in total. The van der Waals surface area contributed by atoms with Crippen molar-refractivity contribution in [2.24, 2.45) is 5.73 Å². The fourth-order valence-electron chi connectivity index (χ4n) is 1.90. The van der Waals surface area contributed by atoms with Crippen LogP contribution in [0.25, 0.3) is 0 Å². The van der Waals surface area contributed by atoms with Crippen molar-refractivity contribution in [1.29, 1.82) is 0 Å². The molecule has 1 amide bonds. The predicted molar refractivity (Wildman–Crippen MR) is 60.0 cm³/mol. The number of rotatable bonds is 2. The Morgan fingerprint density at radius 2 is 1.82 bits per heavy atom. The zero-order chi connectivity index (χ0) is 13.5. The van der Waals surface area contributed by atoms with E-state index in [0.717, 1.165) is 6.92 Å². The van der Waals surface area contributed by atoms with Gasteiger partial charge in [-0.3, -0.25) is 0 Å². The number of hydrogen-bond donors (Lipinski definition) is 1. The molecule has 1 fully saturated rings. The number of hydrogen-bond acceptors (Lipinski definition) is 3. The summed E-state index contributed by atoms with van der Waals surface area (Å²) in [4.78, 5) is 12.9. The van der Waals surface area contributed by atoms with Crippen molar-refractivity contribution >= 4 is 6.09 Å². The minimum absolute atomic E-state index is 0.116. The van der Waals surface area contributed by atoms with Gasteiger partial charge < -0.3 is 15.4 Å². The molecular formula is C11H20F2N2O2.